The van der Waals surface area contributed by atoms with E-state index in [0.29, 0.717) is 16.5 Å². The predicted molar refractivity (Wildman–Crippen MR) is 104 cm³/mol. The van der Waals surface area contributed by atoms with Crippen LogP contribution in [-0.4, -0.2) is 62.1 Å². The Morgan fingerprint density at radius 3 is 2.42 bits per heavy atom. The predicted octanol–water partition coefficient (Wildman–Crippen LogP) is 3.46. The van der Waals surface area contributed by atoms with E-state index < -0.39 is 0 Å². The minimum absolute atomic E-state index is 0.0435. The van der Waals surface area contributed by atoms with Gasteiger partial charge in [-0.2, -0.15) is 0 Å². The third-order valence-corrected chi connectivity index (χ3v) is 5.62. The molecule has 2 aliphatic rings. The molecular formula is C20H27ClN2O3. The molecule has 1 saturated heterocycles. The number of rotatable bonds is 5. The van der Waals surface area contributed by atoms with E-state index >= 15 is 0 Å². The zero-order valence-electron chi connectivity index (χ0n) is 15.5. The smallest absolute Gasteiger partial charge is 0.246 e. The van der Waals surface area contributed by atoms with Crippen LogP contribution in [0.2, 0.25) is 5.02 Å². The van der Waals surface area contributed by atoms with Crippen LogP contribution in [-0.2, 0) is 4.79 Å². The van der Waals surface area contributed by atoms with Crippen LogP contribution in [0.15, 0.2) is 18.2 Å². The number of carbonyl (C=O) groups is 1. The van der Waals surface area contributed by atoms with E-state index in [1.807, 2.05) is 11.0 Å². The molecule has 0 spiro atoms. The van der Waals surface area contributed by atoms with Crippen LogP contribution in [0.4, 0.5) is 0 Å². The number of piperazine rings is 1. The maximum absolute atomic E-state index is 12.5. The molecule has 0 radical (unpaired) electrons. The molecule has 26 heavy (non-hydrogen) atoms. The Morgan fingerprint density at radius 1 is 1.12 bits per heavy atom. The average Bonchev–Trinajstić information content (AvgIpc) is 3.20. The molecule has 0 aromatic heterocycles. The molecule has 1 amide bonds. The monoisotopic (exact) mass is 378 g/mol. The molecule has 0 bridgehead atoms. The standard InChI is InChI=1S/C20H27ClN2O3/c1-25-18-14-15(13-17(21)20(18)26-2)7-8-19(24)23-11-9-22(10-12-23)16-5-3-4-6-16/h7-8,13-14,16H,3-6,9-12H2,1-2H3/b8-7+. The van der Waals surface area contributed by atoms with Gasteiger partial charge in [-0.1, -0.05) is 24.4 Å². The molecule has 1 aliphatic carbocycles. The summed E-state index contributed by atoms with van der Waals surface area (Å²) in [5.41, 5.74) is 0.811. The molecule has 1 aliphatic heterocycles. The topological polar surface area (TPSA) is 42.0 Å². The van der Waals surface area contributed by atoms with E-state index in [-0.39, 0.29) is 5.91 Å². The second-order valence-electron chi connectivity index (χ2n) is 6.87. The Bertz CT molecular complexity index is 663. The lowest BCUT2D eigenvalue weighted by Gasteiger charge is -2.37. The maximum atomic E-state index is 12.5. The molecule has 1 aromatic rings. The summed E-state index contributed by atoms with van der Waals surface area (Å²) in [6, 6.07) is 4.31. The lowest BCUT2D eigenvalue weighted by atomic mass is 10.1. The Kier molecular flexibility index (Phi) is 6.43. The van der Waals surface area contributed by atoms with Gasteiger partial charge in [0, 0.05) is 38.3 Å². The summed E-state index contributed by atoms with van der Waals surface area (Å²) in [4.78, 5) is 17.0. The molecular weight excluding hydrogens is 352 g/mol. The molecule has 0 N–H and O–H groups in total. The van der Waals surface area contributed by atoms with E-state index in [1.165, 1.54) is 25.7 Å². The van der Waals surface area contributed by atoms with Gasteiger partial charge >= 0.3 is 0 Å². The molecule has 2 fully saturated rings. The van der Waals surface area contributed by atoms with Crippen molar-refractivity contribution in [3.8, 4) is 11.5 Å². The molecule has 3 rings (SSSR count). The second kappa shape index (κ2) is 8.78. The third kappa shape index (κ3) is 4.33. The van der Waals surface area contributed by atoms with Crippen molar-refractivity contribution in [2.75, 3.05) is 40.4 Å². The van der Waals surface area contributed by atoms with Crippen molar-refractivity contribution in [1.82, 2.24) is 9.80 Å². The molecule has 142 valence electrons. The highest BCUT2D eigenvalue weighted by molar-refractivity contribution is 6.32. The highest BCUT2D eigenvalue weighted by Gasteiger charge is 2.27. The summed E-state index contributed by atoms with van der Waals surface area (Å²) >= 11 is 6.22. The average molecular weight is 379 g/mol. The van der Waals surface area contributed by atoms with Crippen LogP contribution in [0, 0.1) is 0 Å². The number of benzene rings is 1. The fourth-order valence-corrected chi connectivity index (χ4v) is 4.18. The van der Waals surface area contributed by atoms with Crippen molar-refractivity contribution in [3.05, 3.63) is 28.8 Å². The highest BCUT2D eigenvalue weighted by Crippen LogP contribution is 2.36. The molecule has 1 saturated carbocycles. The number of methoxy groups -OCH3 is 2. The third-order valence-electron chi connectivity index (χ3n) is 5.34. The van der Waals surface area contributed by atoms with Crippen molar-refractivity contribution in [3.63, 3.8) is 0 Å². The first-order valence-electron chi connectivity index (χ1n) is 9.25. The largest absolute Gasteiger partial charge is 0.493 e. The second-order valence-corrected chi connectivity index (χ2v) is 7.28. The number of hydrogen-bond acceptors (Lipinski definition) is 4. The van der Waals surface area contributed by atoms with E-state index in [2.05, 4.69) is 4.90 Å². The fraction of sp³-hybridized carbons (Fsp3) is 0.550. The number of hydrogen-bond donors (Lipinski definition) is 0. The van der Waals surface area contributed by atoms with Crippen LogP contribution in [0.25, 0.3) is 6.08 Å². The number of amides is 1. The Hall–Kier alpha value is -1.72. The van der Waals surface area contributed by atoms with Gasteiger partial charge in [0.25, 0.3) is 0 Å². The quantitative estimate of drug-likeness (QED) is 0.736. The molecule has 1 aromatic carbocycles. The van der Waals surface area contributed by atoms with Crippen molar-refractivity contribution >= 4 is 23.6 Å². The first-order valence-corrected chi connectivity index (χ1v) is 9.62. The van der Waals surface area contributed by atoms with E-state index in [0.717, 1.165) is 37.8 Å². The van der Waals surface area contributed by atoms with E-state index in [1.54, 1.807) is 32.4 Å². The van der Waals surface area contributed by atoms with Gasteiger partial charge in [-0.15, -0.1) is 0 Å². The zero-order chi connectivity index (χ0) is 18.5. The van der Waals surface area contributed by atoms with Crippen LogP contribution < -0.4 is 9.47 Å². The van der Waals surface area contributed by atoms with Gasteiger partial charge < -0.3 is 14.4 Å². The van der Waals surface area contributed by atoms with Crippen LogP contribution >= 0.6 is 11.6 Å². The minimum atomic E-state index is 0.0435. The van der Waals surface area contributed by atoms with Gasteiger partial charge in [-0.05, 0) is 36.6 Å². The number of ether oxygens (including phenoxy) is 2. The summed E-state index contributed by atoms with van der Waals surface area (Å²) in [6.45, 7) is 3.55. The minimum Gasteiger partial charge on any atom is -0.493 e. The number of halogens is 1. The summed E-state index contributed by atoms with van der Waals surface area (Å²) in [5.74, 6) is 1.10. The molecule has 5 nitrogen and oxygen atoms in total. The van der Waals surface area contributed by atoms with Gasteiger partial charge in [-0.25, -0.2) is 0 Å². The van der Waals surface area contributed by atoms with Crippen molar-refractivity contribution < 1.29 is 14.3 Å². The first kappa shape index (κ1) is 19.1. The summed E-state index contributed by atoms with van der Waals surface area (Å²) < 4.78 is 10.5. The van der Waals surface area contributed by atoms with E-state index in [4.69, 9.17) is 21.1 Å². The first-order chi connectivity index (χ1) is 12.6. The van der Waals surface area contributed by atoms with E-state index in [9.17, 15) is 4.79 Å². The summed E-state index contributed by atoms with van der Waals surface area (Å²) in [7, 11) is 3.12. The highest BCUT2D eigenvalue weighted by atomic mass is 35.5. The van der Waals surface area contributed by atoms with Crippen molar-refractivity contribution in [2.24, 2.45) is 0 Å². The van der Waals surface area contributed by atoms with Crippen molar-refractivity contribution in [1.29, 1.82) is 0 Å². The van der Waals surface area contributed by atoms with Crippen LogP contribution in [0.3, 0.4) is 0 Å². The number of carbonyl (C=O) groups excluding carboxylic acids is 1. The van der Waals surface area contributed by atoms with Crippen molar-refractivity contribution in [2.45, 2.75) is 31.7 Å². The SMILES string of the molecule is COc1cc(/C=C/C(=O)N2CCN(C3CCCC3)CC2)cc(Cl)c1OC. The Labute approximate surface area is 160 Å². The Morgan fingerprint density at radius 2 is 1.81 bits per heavy atom. The van der Waals surface area contributed by atoms with Gasteiger partial charge in [0.15, 0.2) is 11.5 Å². The summed E-state index contributed by atoms with van der Waals surface area (Å²) in [5, 5.41) is 0.462. The molecule has 0 atom stereocenters. The summed E-state index contributed by atoms with van der Waals surface area (Å²) in [6.07, 6.45) is 8.71. The zero-order valence-corrected chi connectivity index (χ0v) is 16.3. The number of nitrogens with zero attached hydrogens (tertiary/aromatic N) is 2. The fourth-order valence-electron chi connectivity index (χ4n) is 3.88. The van der Waals surface area contributed by atoms with Gasteiger partial charge in [0.1, 0.15) is 0 Å². The van der Waals surface area contributed by atoms with Gasteiger partial charge in [0.2, 0.25) is 5.91 Å². The lowest BCUT2D eigenvalue weighted by molar-refractivity contribution is -0.127. The van der Waals surface area contributed by atoms with Gasteiger partial charge in [-0.3, -0.25) is 9.69 Å². The Balaban J connectivity index is 1.59. The van der Waals surface area contributed by atoms with Crippen LogP contribution in [0.5, 0.6) is 11.5 Å². The molecule has 1 heterocycles. The normalized spacial score (nSPS) is 19.3. The molecule has 6 heteroatoms. The van der Waals surface area contributed by atoms with Crippen LogP contribution in [0.1, 0.15) is 31.2 Å². The lowest BCUT2D eigenvalue weighted by Crippen LogP contribution is -2.51. The molecule has 0 unspecified atom stereocenters. The van der Waals surface area contributed by atoms with Gasteiger partial charge in [0.05, 0.1) is 19.2 Å². The maximum Gasteiger partial charge on any atom is 0.246 e.